The Bertz CT molecular complexity index is 550. The summed E-state index contributed by atoms with van der Waals surface area (Å²) in [5.74, 6) is 0.384. The first kappa shape index (κ1) is 14.0. The quantitative estimate of drug-likeness (QED) is 0.852. The van der Waals surface area contributed by atoms with Gasteiger partial charge in [0.1, 0.15) is 0 Å². The maximum atomic E-state index is 12.1. The SMILES string of the molecule is C[C@H](CCCO)CNC(=O)c1csc2ccccc12. The van der Waals surface area contributed by atoms with Gasteiger partial charge in [-0.15, -0.1) is 11.3 Å². The lowest BCUT2D eigenvalue weighted by Crippen LogP contribution is -2.28. The third kappa shape index (κ3) is 3.55. The number of aliphatic hydroxyl groups is 1. The van der Waals surface area contributed by atoms with E-state index in [-0.39, 0.29) is 12.5 Å². The molecule has 2 N–H and O–H groups in total. The highest BCUT2D eigenvalue weighted by molar-refractivity contribution is 7.17. The lowest BCUT2D eigenvalue weighted by Gasteiger charge is -2.11. The molecule has 4 heteroatoms. The predicted octanol–water partition coefficient (Wildman–Crippen LogP) is 3.04. The average molecular weight is 277 g/mol. The van der Waals surface area contributed by atoms with Crippen molar-refractivity contribution < 1.29 is 9.90 Å². The molecule has 0 saturated carbocycles. The molecule has 3 nitrogen and oxygen atoms in total. The smallest absolute Gasteiger partial charge is 0.252 e. The van der Waals surface area contributed by atoms with Gasteiger partial charge in [0.05, 0.1) is 5.56 Å². The zero-order valence-electron chi connectivity index (χ0n) is 11.1. The molecule has 2 rings (SSSR count). The molecule has 0 unspecified atom stereocenters. The Morgan fingerprint density at radius 2 is 2.21 bits per heavy atom. The molecular formula is C15H19NO2S. The van der Waals surface area contributed by atoms with Crippen molar-refractivity contribution in [2.45, 2.75) is 19.8 Å². The molecule has 19 heavy (non-hydrogen) atoms. The van der Waals surface area contributed by atoms with Crippen molar-refractivity contribution in [3.8, 4) is 0 Å². The average Bonchev–Trinajstić information content (AvgIpc) is 2.86. The summed E-state index contributed by atoms with van der Waals surface area (Å²) in [6, 6.07) is 7.95. The van der Waals surface area contributed by atoms with Gasteiger partial charge in [0.15, 0.2) is 0 Å². The normalized spacial score (nSPS) is 12.5. The predicted molar refractivity (Wildman–Crippen MR) is 79.6 cm³/mol. The van der Waals surface area contributed by atoms with E-state index in [1.807, 2.05) is 29.6 Å². The molecule has 1 atom stereocenters. The fourth-order valence-corrected chi connectivity index (χ4v) is 3.00. The van der Waals surface area contributed by atoms with Gasteiger partial charge in [0, 0.05) is 28.6 Å². The van der Waals surface area contributed by atoms with Crippen LogP contribution in [0.25, 0.3) is 10.1 Å². The topological polar surface area (TPSA) is 49.3 Å². The number of thiophene rings is 1. The van der Waals surface area contributed by atoms with Crippen LogP contribution < -0.4 is 5.32 Å². The first-order valence-corrected chi connectivity index (χ1v) is 7.45. The van der Waals surface area contributed by atoms with Crippen LogP contribution in [0.4, 0.5) is 0 Å². The molecule has 0 fully saturated rings. The van der Waals surface area contributed by atoms with Crippen LogP contribution in [0.1, 0.15) is 30.1 Å². The van der Waals surface area contributed by atoms with E-state index in [0.717, 1.165) is 28.5 Å². The fourth-order valence-electron chi connectivity index (χ4n) is 2.06. The maximum absolute atomic E-state index is 12.1. The van der Waals surface area contributed by atoms with Gasteiger partial charge in [-0.3, -0.25) is 4.79 Å². The number of amides is 1. The number of carbonyl (C=O) groups excluding carboxylic acids is 1. The monoisotopic (exact) mass is 277 g/mol. The highest BCUT2D eigenvalue weighted by Gasteiger charge is 2.12. The van der Waals surface area contributed by atoms with Crippen molar-refractivity contribution in [3.63, 3.8) is 0 Å². The third-order valence-electron chi connectivity index (χ3n) is 3.19. The van der Waals surface area contributed by atoms with E-state index in [0.29, 0.717) is 12.5 Å². The molecule has 102 valence electrons. The molecule has 0 aliphatic rings. The molecule has 0 bridgehead atoms. The first-order chi connectivity index (χ1) is 9.22. The van der Waals surface area contributed by atoms with E-state index < -0.39 is 0 Å². The summed E-state index contributed by atoms with van der Waals surface area (Å²) in [5.41, 5.74) is 0.759. The van der Waals surface area contributed by atoms with Crippen LogP contribution in [-0.4, -0.2) is 24.2 Å². The molecule has 0 aliphatic heterocycles. The van der Waals surface area contributed by atoms with Gasteiger partial charge in [-0.05, 0) is 24.8 Å². The van der Waals surface area contributed by atoms with Crippen molar-refractivity contribution in [1.29, 1.82) is 0 Å². The minimum Gasteiger partial charge on any atom is -0.396 e. The minimum absolute atomic E-state index is 0.00621. The number of benzene rings is 1. The summed E-state index contributed by atoms with van der Waals surface area (Å²) < 4.78 is 1.14. The Balaban J connectivity index is 1.96. The molecule has 0 spiro atoms. The van der Waals surface area contributed by atoms with E-state index in [9.17, 15) is 4.79 Å². The van der Waals surface area contributed by atoms with E-state index in [2.05, 4.69) is 12.2 Å². The molecule has 1 amide bonds. The van der Waals surface area contributed by atoms with Gasteiger partial charge in [-0.25, -0.2) is 0 Å². The number of rotatable bonds is 6. The molecular weight excluding hydrogens is 258 g/mol. The molecule has 1 aromatic heterocycles. The molecule has 1 heterocycles. The van der Waals surface area contributed by atoms with Gasteiger partial charge in [0.25, 0.3) is 5.91 Å². The maximum Gasteiger partial charge on any atom is 0.252 e. The highest BCUT2D eigenvalue weighted by atomic mass is 32.1. The molecule has 2 aromatic rings. The molecule has 1 aromatic carbocycles. The summed E-state index contributed by atoms with van der Waals surface area (Å²) in [6.07, 6.45) is 1.72. The number of aliphatic hydroxyl groups excluding tert-OH is 1. The summed E-state index contributed by atoms with van der Waals surface area (Å²) in [6.45, 7) is 2.96. The number of hydrogen-bond donors (Lipinski definition) is 2. The van der Waals surface area contributed by atoms with Crippen molar-refractivity contribution in [2.75, 3.05) is 13.2 Å². The lowest BCUT2D eigenvalue weighted by molar-refractivity contribution is 0.0949. The second-order valence-electron chi connectivity index (χ2n) is 4.83. The Morgan fingerprint density at radius 1 is 1.42 bits per heavy atom. The summed E-state index contributed by atoms with van der Waals surface area (Å²) in [7, 11) is 0. The number of carbonyl (C=O) groups is 1. The van der Waals surface area contributed by atoms with Crippen LogP contribution >= 0.6 is 11.3 Å². The van der Waals surface area contributed by atoms with Gasteiger partial charge < -0.3 is 10.4 Å². The van der Waals surface area contributed by atoms with Crippen LogP contribution in [0.3, 0.4) is 0 Å². The van der Waals surface area contributed by atoms with E-state index >= 15 is 0 Å². The summed E-state index contributed by atoms with van der Waals surface area (Å²) in [4.78, 5) is 12.1. The summed E-state index contributed by atoms with van der Waals surface area (Å²) >= 11 is 1.60. The Labute approximate surface area is 117 Å². The zero-order valence-corrected chi connectivity index (χ0v) is 11.9. The lowest BCUT2D eigenvalue weighted by atomic mass is 10.1. The standard InChI is InChI=1S/C15H19NO2S/c1-11(5-4-8-17)9-16-15(18)13-10-19-14-7-3-2-6-12(13)14/h2-3,6-7,10-11,17H,4-5,8-9H2,1H3,(H,16,18)/t11-/m1/s1. The van der Waals surface area contributed by atoms with Crippen LogP contribution in [0.2, 0.25) is 0 Å². The van der Waals surface area contributed by atoms with Crippen LogP contribution in [0.15, 0.2) is 29.6 Å². The fraction of sp³-hybridized carbons (Fsp3) is 0.400. The van der Waals surface area contributed by atoms with Crippen LogP contribution in [0, 0.1) is 5.92 Å². The van der Waals surface area contributed by atoms with Crippen molar-refractivity contribution in [3.05, 3.63) is 35.2 Å². The third-order valence-corrected chi connectivity index (χ3v) is 4.16. The largest absolute Gasteiger partial charge is 0.396 e. The number of hydrogen-bond acceptors (Lipinski definition) is 3. The Morgan fingerprint density at radius 3 is 3.00 bits per heavy atom. The Hall–Kier alpha value is -1.39. The second-order valence-corrected chi connectivity index (χ2v) is 5.74. The summed E-state index contributed by atoms with van der Waals surface area (Å²) in [5, 5.41) is 14.7. The van der Waals surface area contributed by atoms with Crippen molar-refractivity contribution >= 4 is 27.3 Å². The van der Waals surface area contributed by atoms with Crippen molar-refractivity contribution in [2.24, 2.45) is 5.92 Å². The van der Waals surface area contributed by atoms with Crippen LogP contribution in [0.5, 0.6) is 0 Å². The first-order valence-electron chi connectivity index (χ1n) is 6.57. The van der Waals surface area contributed by atoms with Gasteiger partial charge in [-0.1, -0.05) is 25.1 Å². The molecule has 0 radical (unpaired) electrons. The van der Waals surface area contributed by atoms with E-state index in [4.69, 9.17) is 5.11 Å². The van der Waals surface area contributed by atoms with Gasteiger partial charge >= 0.3 is 0 Å². The van der Waals surface area contributed by atoms with E-state index in [1.54, 1.807) is 11.3 Å². The van der Waals surface area contributed by atoms with Crippen LogP contribution in [-0.2, 0) is 0 Å². The molecule has 0 aliphatic carbocycles. The molecule has 0 saturated heterocycles. The number of fused-ring (bicyclic) bond motifs is 1. The minimum atomic E-state index is -0.00621. The van der Waals surface area contributed by atoms with Gasteiger partial charge in [-0.2, -0.15) is 0 Å². The van der Waals surface area contributed by atoms with E-state index in [1.165, 1.54) is 0 Å². The zero-order chi connectivity index (χ0) is 13.7. The number of nitrogens with one attached hydrogen (secondary N) is 1. The highest BCUT2D eigenvalue weighted by Crippen LogP contribution is 2.25. The van der Waals surface area contributed by atoms with Crippen molar-refractivity contribution in [1.82, 2.24) is 5.32 Å². The Kier molecular flexibility index (Phi) is 4.93. The second kappa shape index (κ2) is 6.68. The van der Waals surface area contributed by atoms with Gasteiger partial charge in [0.2, 0.25) is 0 Å².